The first-order valence-corrected chi connectivity index (χ1v) is 8.20. The SMILES string of the molecule is CNC(=O)[C@@H]1CN(Cc2ccccc2)CCN1c1cc(C)ncn1. The van der Waals surface area contributed by atoms with Crippen LogP contribution in [0.4, 0.5) is 5.82 Å². The van der Waals surface area contributed by atoms with Crippen LogP contribution in [0.5, 0.6) is 0 Å². The van der Waals surface area contributed by atoms with E-state index in [-0.39, 0.29) is 11.9 Å². The summed E-state index contributed by atoms with van der Waals surface area (Å²) in [5, 5.41) is 2.78. The second-order valence-electron chi connectivity index (χ2n) is 6.06. The molecule has 0 aliphatic carbocycles. The molecule has 1 atom stereocenters. The van der Waals surface area contributed by atoms with Crippen LogP contribution in [0.1, 0.15) is 11.3 Å². The number of benzene rings is 1. The van der Waals surface area contributed by atoms with Crippen molar-refractivity contribution in [1.82, 2.24) is 20.2 Å². The number of carbonyl (C=O) groups excluding carboxylic acids is 1. The Hall–Kier alpha value is -2.47. The molecule has 0 radical (unpaired) electrons. The van der Waals surface area contributed by atoms with E-state index in [1.165, 1.54) is 5.56 Å². The molecule has 1 aromatic heterocycles. The van der Waals surface area contributed by atoms with Gasteiger partial charge in [0.2, 0.25) is 5.91 Å². The molecule has 6 nitrogen and oxygen atoms in total. The zero-order valence-corrected chi connectivity index (χ0v) is 14.1. The van der Waals surface area contributed by atoms with Crippen molar-refractivity contribution in [3.8, 4) is 0 Å². The van der Waals surface area contributed by atoms with Gasteiger partial charge in [-0.05, 0) is 12.5 Å². The second-order valence-corrected chi connectivity index (χ2v) is 6.06. The molecule has 2 heterocycles. The molecule has 1 aliphatic heterocycles. The first kappa shape index (κ1) is 16.4. The highest BCUT2D eigenvalue weighted by Crippen LogP contribution is 2.20. The average Bonchev–Trinajstić information content (AvgIpc) is 2.62. The summed E-state index contributed by atoms with van der Waals surface area (Å²) in [6, 6.07) is 12.0. The van der Waals surface area contributed by atoms with Crippen molar-refractivity contribution in [2.75, 3.05) is 31.6 Å². The van der Waals surface area contributed by atoms with Crippen molar-refractivity contribution in [3.05, 3.63) is 54.0 Å². The minimum Gasteiger partial charge on any atom is -0.357 e. The van der Waals surface area contributed by atoms with Crippen molar-refractivity contribution in [3.63, 3.8) is 0 Å². The third kappa shape index (κ3) is 3.71. The molecule has 1 aromatic carbocycles. The maximum absolute atomic E-state index is 12.4. The van der Waals surface area contributed by atoms with Crippen molar-refractivity contribution >= 4 is 11.7 Å². The fourth-order valence-electron chi connectivity index (χ4n) is 3.09. The maximum Gasteiger partial charge on any atom is 0.243 e. The fraction of sp³-hybridized carbons (Fsp3) is 0.389. The number of piperazine rings is 1. The number of nitrogens with one attached hydrogen (secondary N) is 1. The first-order valence-electron chi connectivity index (χ1n) is 8.20. The Labute approximate surface area is 142 Å². The lowest BCUT2D eigenvalue weighted by atomic mass is 10.1. The lowest BCUT2D eigenvalue weighted by molar-refractivity contribution is -0.122. The van der Waals surface area contributed by atoms with E-state index in [9.17, 15) is 4.79 Å². The smallest absolute Gasteiger partial charge is 0.243 e. The van der Waals surface area contributed by atoms with Gasteiger partial charge in [0.1, 0.15) is 18.2 Å². The normalized spacial score (nSPS) is 18.4. The summed E-state index contributed by atoms with van der Waals surface area (Å²) < 4.78 is 0. The summed E-state index contributed by atoms with van der Waals surface area (Å²) >= 11 is 0. The Kier molecular flexibility index (Phi) is 5.05. The van der Waals surface area contributed by atoms with Crippen LogP contribution in [-0.2, 0) is 11.3 Å². The number of carbonyl (C=O) groups is 1. The van der Waals surface area contributed by atoms with Gasteiger partial charge in [0.25, 0.3) is 0 Å². The molecule has 0 saturated carbocycles. The molecule has 1 fully saturated rings. The van der Waals surface area contributed by atoms with Gasteiger partial charge in [-0.25, -0.2) is 9.97 Å². The summed E-state index contributed by atoms with van der Waals surface area (Å²) in [7, 11) is 1.68. The lowest BCUT2D eigenvalue weighted by Gasteiger charge is -2.41. The molecule has 3 rings (SSSR count). The molecule has 6 heteroatoms. The van der Waals surface area contributed by atoms with Gasteiger partial charge in [0.05, 0.1) is 0 Å². The largest absolute Gasteiger partial charge is 0.357 e. The Bertz CT molecular complexity index is 691. The van der Waals surface area contributed by atoms with Crippen LogP contribution >= 0.6 is 0 Å². The van der Waals surface area contributed by atoms with Crippen molar-refractivity contribution in [1.29, 1.82) is 0 Å². The third-order valence-corrected chi connectivity index (χ3v) is 4.35. The third-order valence-electron chi connectivity index (χ3n) is 4.35. The van der Waals surface area contributed by atoms with E-state index in [0.717, 1.165) is 31.1 Å². The van der Waals surface area contributed by atoms with Crippen LogP contribution in [0.3, 0.4) is 0 Å². The quantitative estimate of drug-likeness (QED) is 0.916. The zero-order valence-electron chi connectivity index (χ0n) is 14.1. The molecular weight excluding hydrogens is 302 g/mol. The summed E-state index contributed by atoms with van der Waals surface area (Å²) in [4.78, 5) is 25.3. The number of anilines is 1. The molecule has 1 N–H and O–H groups in total. The summed E-state index contributed by atoms with van der Waals surface area (Å²) in [6.07, 6.45) is 1.56. The van der Waals surface area contributed by atoms with E-state index in [1.807, 2.05) is 31.2 Å². The maximum atomic E-state index is 12.4. The lowest BCUT2D eigenvalue weighted by Crippen LogP contribution is -2.58. The minimum absolute atomic E-state index is 0.0176. The number of aryl methyl sites for hydroxylation is 1. The average molecular weight is 325 g/mol. The molecular formula is C18H23N5O. The highest BCUT2D eigenvalue weighted by atomic mass is 16.2. The van der Waals surface area contributed by atoms with Gasteiger partial charge in [-0.2, -0.15) is 0 Å². The molecule has 0 bridgehead atoms. The Morgan fingerprint density at radius 1 is 1.25 bits per heavy atom. The van der Waals surface area contributed by atoms with Crippen LogP contribution in [-0.4, -0.2) is 53.5 Å². The van der Waals surface area contributed by atoms with Crippen LogP contribution in [0, 0.1) is 6.92 Å². The topological polar surface area (TPSA) is 61.4 Å². The van der Waals surface area contributed by atoms with E-state index >= 15 is 0 Å². The summed E-state index contributed by atoms with van der Waals surface area (Å²) in [6.45, 7) is 5.13. The fourth-order valence-corrected chi connectivity index (χ4v) is 3.09. The number of rotatable bonds is 4. The summed E-state index contributed by atoms with van der Waals surface area (Å²) in [5.74, 6) is 0.833. The molecule has 0 spiro atoms. The van der Waals surface area contributed by atoms with E-state index < -0.39 is 0 Å². The predicted molar refractivity (Wildman–Crippen MR) is 93.7 cm³/mol. The first-order chi connectivity index (χ1) is 11.7. The Balaban J connectivity index is 1.77. The van der Waals surface area contributed by atoms with Crippen molar-refractivity contribution in [2.24, 2.45) is 0 Å². The van der Waals surface area contributed by atoms with Crippen molar-refractivity contribution in [2.45, 2.75) is 19.5 Å². The van der Waals surface area contributed by atoms with Crippen LogP contribution in [0.25, 0.3) is 0 Å². The van der Waals surface area contributed by atoms with Gasteiger partial charge in [-0.1, -0.05) is 30.3 Å². The van der Waals surface area contributed by atoms with E-state index in [1.54, 1.807) is 13.4 Å². The molecule has 1 aliphatic rings. The standard InChI is InChI=1S/C18H23N5O/c1-14-10-17(21-13-20-14)23-9-8-22(12-16(23)18(24)19-2)11-15-6-4-3-5-7-15/h3-7,10,13,16H,8-9,11-12H2,1-2H3,(H,19,24)/t16-/m0/s1. The van der Waals surface area contributed by atoms with Crippen LogP contribution in [0.2, 0.25) is 0 Å². The molecule has 24 heavy (non-hydrogen) atoms. The van der Waals surface area contributed by atoms with Gasteiger partial charge >= 0.3 is 0 Å². The number of likely N-dealkylation sites (N-methyl/N-ethyl adjacent to an activating group) is 1. The summed E-state index contributed by atoms with van der Waals surface area (Å²) in [5.41, 5.74) is 2.17. The minimum atomic E-state index is -0.248. The van der Waals surface area contributed by atoms with Gasteiger partial charge in [-0.3, -0.25) is 9.69 Å². The Morgan fingerprint density at radius 3 is 2.75 bits per heavy atom. The monoisotopic (exact) mass is 325 g/mol. The van der Waals surface area contributed by atoms with Gasteiger partial charge in [0, 0.05) is 45.0 Å². The van der Waals surface area contributed by atoms with E-state index in [2.05, 4.69) is 37.2 Å². The van der Waals surface area contributed by atoms with Crippen LogP contribution < -0.4 is 10.2 Å². The second kappa shape index (κ2) is 7.40. The molecule has 1 saturated heterocycles. The van der Waals surface area contributed by atoms with Crippen LogP contribution in [0.15, 0.2) is 42.7 Å². The number of hydrogen-bond acceptors (Lipinski definition) is 5. The zero-order chi connectivity index (χ0) is 16.9. The number of hydrogen-bond donors (Lipinski definition) is 1. The van der Waals surface area contributed by atoms with Crippen molar-refractivity contribution < 1.29 is 4.79 Å². The van der Waals surface area contributed by atoms with Gasteiger partial charge < -0.3 is 10.2 Å². The molecule has 126 valence electrons. The van der Waals surface area contributed by atoms with E-state index in [0.29, 0.717) is 6.54 Å². The highest BCUT2D eigenvalue weighted by Gasteiger charge is 2.32. The van der Waals surface area contributed by atoms with Gasteiger partial charge in [-0.15, -0.1) is 0 Å². The molecule has 2 aromatic rings. The van der Waals surface area contributed by atoms with E-state index in [4.69, 9.17) is 0 Å². The van der Waals surface area contributed by atoms with Gasteiger partial charge in [0.15, 0.2) is 0 Å². The number of amides is 1. The number of aromatic nitrogens is 2. The highest BCUT2D eigenvalue weighted by molar-refractivity contribution is 5.85. The predicted octanol–water partition coefficient (Wildman–Crippen LogP) is 1.22. The Morgan fingerprint density at radius 2 is 2.04 bits per heavy atom. The number of nitrogens with zero attached hydrogens (tertiary/aromatic N) is 4. The molecule has 0 unspecified atom stereocenters. The molecule has 1 amide bonds.